The summed E-state index contributed by atoms with van der Waals surface area (Å²) in [5.74, 6) is 2.40. The number of thioether (sulfide) groups is 1. The minimum absolute atomic E-state index is 0.321. The summed E-state index contributed by atoms with van der Waals surface area (Å²) in [6.07, 6.45) is 0.924. The van der Waals surface area contributed by atoms with Gasteiger partial charge in [0, 0.05) is 17.0 Å². The Balaban J connectivity index is 2.57. The van der Waals surface area contributed by atoms with Crippen molar-refractivity contribution in [3.8, 4) is 5.88 Å². The van der Waals surface area contributed by atoms with E-state index in [2.05, 4.69) is 9.97 Å². The molecule has 1 aromatic heterocycles. The predicted molar refractivity (Wildman–Crippen MR) is 51.3 cm³/mol. The standard InChI is InChI=1S/C8H10N2O2S/c1-12-7-5-2-3-13-4-6(5)9-8(11)10-7/h2-4H2,1H3,(H,9,10,11). The van der Waals surface area contributed by atoms with Gasteiger partial charge >= 0.3 is 5.69 Å². The molecule has 1 N–H and O–H groups in total. The fourth-order valence-corrected chi connectivity index (χ4v) is 2.36. The Morgan fingerprint density at radius 1 is 1.62 bits per heavy atom. The second-order valence-corrected chi connectivity index (χ2v) is 3.92. The topological polar surface area (TPSA) is 55.0 Å². The summed E-state index contributed by atoms with van der Waals surface area (Å²) in [6, 6.07) is 0. The number of H-pyrrole nitrogens is 1. The second-order valence-electron chi connectivity index (χ2n) is 2.81. The van der Waals surface area contributed by atoms with Gasteiger partial charge in [-0.2, -0.15) is 16.7 Å². The molecular weight excluding hydrogens is 188 g/mol. The fourth-order valence-electron chi connectivity index (χ4n) is 1.42. The summed E-state index contributed by atoms with van der Waals surface area (Å²) in [5, 5.41) is 0. The molecule has 0 saturated carbocycles. The van der Waals surface area contributed by atoms with Gasteiger partial charge in [0.05, 0.1) is 7.11 Å². The molecule has 0 aromatic carbocycles. The number of aromatic amines is 1. The summed E-state index contributed by atoms with van der Waals surface area (Å²) in [7, 11) is 1.55. The van der Waals surface area contributed by atoms with Crippen molar-refractivity contribution in [1.82, 2.24) is 9.97 Å². The molecule has 1 aromatic rings. The number of hydrogen-bond acceptors (Lipinski definition) is 4. The largest absolute Gasteiger partial charge is 0.481 e. The molecule has 5 heteroatoms. The lowest BCUT2D eigenvalue weighted by Gasteiger charge is -2.16. The Bertz CT molecular complexity index is 355. The van der Waals surface area contributed by atoms with Crippen LogP contribution in [-0.4, -0.2) is 22.8 Å². The first kappa shape index (κ1) is 8.62. The van der Waals surface area contributed by atoms with E-state index in [0.717, 1.165) is 29.2 Å². The third kappa shape index (κ3) is 1.56. The first-order valence-electron chi connectivity index (χ1n) is 4.05. The molecule has 0 saturated heterocycles. The zero-order valence-electron chi connectivity index (χ0n) is 7.29. The number of hydrogen-bond donors (Lipinski definition) is 1. The third-order valence-corrected chi connectivity index (χ3v) is 3.01. The van der Waals surface area contributed by atoms with Crippen LogP contribution in [0.15, 0.2) is 4.79 Å². The highest BCUT2D eigenvalue weighted by atomic mass is 32.2. The van der Waals surface area contributed by atoms with Crippen LogP contribution in [-0.2, 0) is 12.2 Å². The second kappa shape index (κ2) is 3.41. The molecular formula is C8H10N2O2S. The van der Waals surface area contributed by atoms with E-state index in [4.69, 9.17) is 4.74 Å². The molecule has 0 aliphatic carbocycles. The molecule has 4 nitrogen and oxygen atoms in total. The highest BCUT2D eigenvalue weighted by molar-refractivity contribution is 7.98. The fraction of sp³-hybridized carbons (Fsp3) is 0.500. The number of aromatic nitrogens is 2. The van der Waals surface area contributed by atoms with Crippen LogP contribution in [0.5, 0.6) is 5.88 Å². The molecule has 0 bridgehead atoms. The average Bonchev–Trinajstić information content (AvgIpc) is 2.16. The van der Waals surface area contributed by atoms with Gasteiger partial charge in [0.15, 0.2) is 0 Å². The Morgan fingerprint density at radius 2 is 2.46 bits per heavy atom. The minimum Gasteiger partial charge on any atom is -0.481 e. The average molecular weight is 198 g/mol. The first-order valence-corrected chi connectivity index (χ1v) is 5.20. The molecule has 70 valence electrons. The highest BCUT2D eigenvalue weighted by Gasteiger charge is 2.16. The Kier molecular flexibility index (Phi) is 2.26. The third-order valence-electron chi connectivity index (χ3n) is 2.02. The molecule has 2 rings (SSSR count). The van der Waals surface area contributed by atoms with Gasteiger partial charge in [-0.3, -0.25) is 0 Å². The van der Waals surface area contributed by atoms with Gasteiger partial charge in [-0.1, -0.05) is 0 Å². The maximum Gasteiger partial charge on any atom is 0.348 e. The Morgan fingerprint density at radius 3 is 3.23 bits per heavy atom. The van der Waals surface area contributed by atoms with Crippen molar-refractivity contribution in [2.75, 3.05) is 12.9 Å². The van der Waals surface area contributed by atoms with Crippen molar-refractivity contribution in [3.05, 3.63) is 21.7 Å². The van der Waals surface area contributed by atoms with Crippen LogP contribution in [0.3, 0.4) is 0 Å². The van der Waals surface area contributed by atoms with Crippen LogP contribution < -0.4 is 10.4 Å². The summed E-state index contributed by atoms with van der Waals surface area (Å²) >= 11 is 1.81. The van der Waals surface area contributed by atoms with E-state index < -0.39 is 0 Å². The molecule has 0 spiro atoms. The summed E-state index contributed by atoms with van der Waals surface area (Å²) in [4.78, 5) is 17.6. The molecule has 0 atom stereocenters. The van der Waals surface area contributed by atoms with Gasteiger partial charge in [0.2, 0.25) is 5.88 Å². The van der Waals surface area contributed by atoms with E-state index >= 15 is 0 Å². The maximum absolute atomic E-state index is 11.1. The molecule has 0 unspecified atom stereocenters. The quantitative estimate of drug-likeness (QED) is 0.716. The van der Waals surface area contributed by atoms with E-state index in [1.165, 1.54) is 0 Å². The number of ether oxygens (including phenoxy) is 1. The monoisotopic (exact) mass is 198 g/mol. The number of fused-ring (bicyclic) bond motifs is 1. The number of methoxy groups -OCH3 is 1. The number of nitrogens with one attached hydrogen (secondary N) is 1. The van der Waals surface area contributed by atoms with Crippen molar-refractivity contribution in [2.24, 2.45) is 0 Å². The van der Waals surface area contributed by atoms with E-state index in [-0.39, 0.29) is 5.69 Å². The van der Waals surface area contributed by atoms with Crippen molar-refractivity contribution in [2.45, 2.75) is 12.2 Å². The zero-order chi connectivity index (χ0) is 9.26. The summed E-state index contributed by atoms with van der Waals surface area (Å²) in [6.45, 7) is 0. The lowest BCUT2D eigenvalue weighted by molar-refractivity contribution is 0.389. The van der Waals surface area contributed by atoms with Crippen LogP contribution in [0.4, 0.5) is 0 Å². The molecule has 13 heavy (non-hydrogen) atoms. The van der Waals surface area contributed by atoms with Crippen molar-refractivity contribution in [3.63, 3.8) is 0 Å². The zero-order valence-corrected chi connectivity index (χ0v) is 8.11. The van der Waals surface area contributed by atoms with E-state index in [1.54, 1.807) is 7.11 Å². The number of nitrogens with zero attached hydrogens (tertiary/aromatic N) is 1. The van der Waals surface area contributed by atoms with E-state index in [1.807, 2.05) is 11.8 Å². The van der Waals surface area contributed by atoms with Crippen LogP contribution in [0.25, 0.3) is 0 Å². The van der Waals surface area contributed by atoms with Gasteiger partial charge in [-0.05, 0) is 12.2 Å². The molecule has 2 heterocycles. The SMILES string of the molecule is COc1nc(=O)[nH]c2c1CCSC2. The van der Waals surface area contributed by atoms with Crippen LogP contribution in [0.2, 0.25) is 0 Å². The summed E-state index contributed by atoms with van der Waals surface area (Å²) in [5.41, 5.74) is 1.70. The Labute approximate surface area is 79.7 Å². The molecule has 0 amide bonds. The maximum atomic E-state index is 11.1. The normalized spacial score (nSPS) is 15.2. The van der Waals surface area contributed by atoms with Gasteiger partial charge in [-0.25, -0.2) is 4.79 Å². The highest BCUT2D eigenvalue weighted by Crippen LogP contribution is 2.26. The number of rotatable bonds is 1. The van der Waals surface area contributed by atoms with E-state index in [0.29, 0.717) is 5.88 Å². The summed E-state index contributed by atoms with van der Waals surface area (Å²) < 4.78 is 5.05. The lowest BCUT2D eigenvalue weighted by Crippen LogP contribution is -2.19. The molecule has 0 fully saturated rings. The van der Waals surface area contributed by atoms with E-state index in [9.17, 15) is 4.79 Å². The van der Waals surface area contributed by atoms with Gasteiger partial charge in [0.25, 0.3) is 0 Å². The van der Waals surface area contributed by atoms with Crippen LogP contribution >= 0.6 is 11.8 Å². The van der Waals surface area contributed by atoms with Crippen molar-refractivity contribution >= 4 is 11.8 Å². The lowest BCUT2D eigenvalue weighted by atomic mass is 10.2. The minimum atomic E-state index is -0.321. The van der Waals surface area contributed by atoms with Crippen LogP contribution in [0, 0.1) is 0 Å². The molecule has 0 radical (unpaired) electrons. The predicted octanol–water partition coefficient (Wildman–Crippen LogP) is 0.568. The van der Waals surface area contributed by atoms with Gasteiger partial charge in [-0.15, -0.1) is 0 Å². The molecule has 1 aliphatic heterocycles. The van der Waals surface area contributed by atoms with Crippen molar-refractivity contribution < 1.29 is 4.74 Å². The Hall–Kier alpha value is -0.970. The smallest absolute Gasteiger partial charge is 0.348 e. The first-order chi connectivity index (χ1) is 6.31. The van der Waals surface area contributed by atoms with Gasteiger partial charge in [0.1, 0.15) is 0 Å². The van der Waals surface area contributed by atoms with Gasteiger partial charge < -0.3 is 9.72 Å². The van der Waals surface area contributed by atoms with Crippen molar-refractivity contribution in [1.29, 1.82) is 0 Å². The van der Waals surface area contributed by atoms with Crippen LogP contribution in [0.1, 0.15) is 11.3 Å². The molecule has 1 aliphatic rings.